The number of nitrogens with two attached hydrogens (primary N) is 1. The van der Waals surface area contributed by atoms with Gasteiger partial charge in [-0.25, -0.2) is 0 Å². The quantitative estimate of drug-likeness (QED) is 0.585. The number of anilines is 1. The van der Waals surface area contributed by atoms with Gasteiger partial charge in [0.05, 0.1) is 6.10 Å². The van der Waals surface area contributed by atoms with E-state index in [1.54, 1.807) is 18.2 Å². The normalized spacial score (nSPS) is 9.93. The van der Waals surface area contributed by atoms with Crippen LogP contribution in [0.2, 0.25) is 0 Å². The maximum atomic E-state index is 10.1. The molecule has 76 valence electrons. The summed E-state index contributed by atoms with van der Waals surface area (Å²) >= 11 is 0. The smallest absolute Gasteiger partial charge is 0.298 e. The Morgan fingerprint density at radius 2 is 2.00 bits per heavy atom. The van der Waals surface area contributed by atoms with Crippen molar-refractivity contribution in [1.29, 1.82) is 0 Å². The van der Waals surface area contributed by atoms with Gasteiger partial charge in [-0.3, -0.25) is 4.79 Å². The highest BCUT2D eigenvalue weighted by molar-refractivity contribution is 5.65. The monoisotopic (exact) mass is 195 g/mol. The summed E-state index contributed by atoms with van der Waals surface area (Å²) < 4.78 is 10.1. The van der Waals surface area contributed by atoms with Crippen LogP contribution in [0.4, 0.5) is 5.69 Å². The van der Waals surface area contributed by atoms with Crippen molar-refractivity contribution in [2.45, 2.75) is 20.0 Å². The first-order valence-electron chi connectivity index (χ1n) is 4.30. The number of para-hydroxylation sites is 1. The lowest BCUT2D eigenvalue weighted by Crippen LogP contribution is -2.08. The van der Waals surface area contributed by atoms with Gasteiger partial charge in [-0.1, -0.05) is 6.07 Å². The van der Waals surface area contributed by atoms with Crippen molar-refractivity contribution in [2.75, 3.05) is 5.73 Å². The molecule has 1 rings (SSSR count). The number of nitrogen functional groups attached to an aromatic ring is 1. The third-order valence-electron chi connectivity index (χ3n) is 1.56. The molecule has 0 radical (unpaired) electrons. The van der Waals surface area contributed by atoms with Gasteiger partial charge in [0.2, 0.25) is 0 Å². The molecule has 4 nitrogen and oxygen atoms in total. The van der Waals surface area contributed by atoms with Crippen molar-refractivity contribution in [3.8, 4) is 11.5 Å². The van der Waals surface area contributed by atoms with E-state index in [1.165, 1.54) is 0 Å². The second-order valence-electron chi connectivity index (χ2n) is 3.05. The standard InChI is InChI=1S/C10H13NO3/c1-7(2)14-9-5-3-4-8(10(9)11)13-6-12/h3-7H,11H2,1-2H3. The van der Waals surface area contributed by atoms with Crippen LogP contribution in [0.3, 0.4) is 0 Å². The molecule has 0 heterocycles. The van der Waals surface area contributed by atoms with E-state index >= 15 is 0 Å². The van der Waals surface area contributed by atoms with Gasteiger partial charge in [0, 0.05) is 0 Å². The van der Waals surface area contributed by atoms with E-state index in [2.05, 4.69) is 4.74 Å². The van der Waals surface area contributed by atoms with Crippen molar-refractivity contribution in [3.05, 3.63) is 18.2 Å². The van der Waals surface area contributed by atoms with Gasteiger partial charge in [0.15, 0.2) is 5.75 Å². The average Bonchev–Trinajstić information content (AvgIpc) is 2.11. The highest BCUT2D eigenvalue weighted by Crippen LogP contribution is 2.31. The van der Waals surface area contributed by atoms with Crippen LogP contribution in [-0.4, -0.2) is 12.6 Å². The molecule has 14 heavy (non-hydrogen) atoms. The number of ether oxygens (including phenoxy) is 2. The van der Waals surface area contributed by atoms with E-state index < -0.39 is 0 Å². The molecule has 2 N–H and O–H groups in total. The van der Waals surface area contributed by atoms with Crippen LogP contribution in [0.25, 0.3) is 0 Å². The molecule has 0 aromatic heterocycles. The minimum Gasteiger partial charge on any atom is -0.489 e. The van der Waals surface area contributed by atoms with E-state index in [1.807, 2.05) is 13.8 Å². The maximum absolute atomic E-state index is 10.1. The molecule has 1 aromatic carbocycles. The van der Waals surface area contributed by atoms with E-state index in [0.29, 0.717) is 23.7 Å². The number of hydrogen-bond donors (Lipinski definition) is 1. The van der Waals surface area contributed by atoms with Gasteiger partial charge >= 0.3 is 0 Å². The molecule has 1 aromatic rings. The van der Waals surface area contributed by atoms with Crippen molar-refractivity contribution < 1.29 is 14.3 Å². The molecular weight excluding hydrogens is 182 g/mol. The van der Waals surface area contributed by atoms with Crippen LogP contribution in [0.1, 0.15) is 13.8 Å². The Labute approximate surface area is 82.6 Å². The predicted octanol–water partition coefficient (Wildman–Crippen LogP) is 1.59. The van der Waals surface area contributed by atoms with Gasteiger partial charge < -0.3 is 15.2 Å². The molecule has 0 unspecified atom stereocenters. The number of benzene rings is 1. The molecule has 0 aliphatic heterocycles. The summed E-state index contributed by atoms with van der Waals surface area (Å²) in [4.78, 5) is 10.1. The Morgan fingerprint density at radius 1 is 1.36 bits per heavy atom. The van der Waals surface area contributed by atoms with Gasteiger partial charge in [-0.15, -0.1) is 0 Å². The molecule has 0 saturated carbocycles. The molecule has 0 fully saturated rings. The second-order valence-corrected chi connectivity index (χ2v) is 3.05. The third-order valence-corrected chi connectivity index (χ3v) is 1.56. The first-order valence-corrected chi connectivity index (χ1v) is 4.30. The molecule has 0 bridgehead atoms. The zero-order chi connectivity index (χ0) is 10.6. The average molecular weight is 195 g/mol. The zero-order valence-corrected chi connectivity index (χ0v) is 8.19. The van der Waals surface area contributed by atoms with Crippen molar-refractivity contribution in [3.63, 3.8) is 0 Å². The second kappa shape index (κ2) is 4.50. The van der Waals surface area contributed by atoms with Gasteiger partial charge in [0.1, 0.15) is 11.4 Å². The van der Waals surface area contributed by atoms with Crippen LogP contribution in [0.5, 0.6) is 11.5 Å². The number of carbonyl (C=O) groups is 1. The number of carbonyl (C=O) groups excluding carboxylic acids is 1. The highest BCUT2D eigenvalue weighted by atomic mass is 16.5. The lowest BCUT2D eigenvalue weighted by molar-refractivity contribution is -0.120. The van der Waals surface area contributed by atoms with Gasteiger partial charge in [0.25, 0.3) is 6.47 Å². The van der Waals surface area contributed by atoms with Gasteiger partial charge in [-0.05, 0) is 26.0 Å². The summed E-state index contributed by atoms with van der Waals surface area (Å²) in [6.45, 7) is 4.13. The predicted molar refractivity (Wildman–Crippen MR) is 53.3 cm³/mol. The van der Waals surface area contributed by atoms with E-state index in [9.17, 15) is 4.79 Å². The van der Waals surface area contributed by atoms with E-state index in [4.69, 9.17) is 10.5 Å². The van der Waals surface area contributed by atoms with Crippen LogP contribution < -0.4 is 15.2 Å². The SMILES string of the molecule is CC(C)Oc1cccc(OC=O)c1N. The molecule has 0 atom stereocenters. The van der Waals surface area contributed by atoms with E-state index in [-0.39, 0.29) is 6.10 Å². The Balaban J connectivity index is 2.94. The Bertz CT molecular complexity index is 323. The molecule has 4 heteroatoms. The fraction of sp³-hybridized carbons (Fsp3) is 0.300. The fourth-order valence-electron chi connectivity index (χ4n) is 1.04. The van der Waals surface area contributed by atoms with Crippen molar-refractivity contribution in [2.24, 2.45) is 0 Å². The van der Waals surface area contributed by atoms with Crippen LogP contribution >= 0.6 is 0 Å². The molecule has 0 spiro atoms. The van der Waals surface area contributed by atoms with Gasteiger partial charge in [-0.2, -0.15) is 0 Å². The Morgan fingerprint density at radius 3 is 2.57 bits per heavy atom. The molecule has 0 saturated heterocycles. The fourth-order valence-corrected chi connectivity index (χ4v) is 1.04. The summed E-state index contributed by atoms with van der Waals surface area (Å²) in [6, 6.07) is 5.05. The summed E-state index contributed by atoms with van der Waals surface area (Å²) in [7, 11) is 0. The topological polar surface area (TPSA) is 61.5 Å². The lowest BCUT2D eigenvalue weighted by Gasteiger charge is -2.13. The first-order chi connectivity index (χ1) is 6.65. The largest absolute Gasteiger partial charge is 0.489 e. The van der Waals surface area contributed by atoms with Crippen molar-refractivity contribution in [1.82, 2.24) is 0 Å². The number of rotatable bonds is 4. The highest BCUT2D eigenvalue weighted by Gasteiger charge is 2.07. The lowest BCUT2D eigenvalue weighted by atomic mass is 10.2. The summed E-state index contributed by atoms with van der Waals surface area (Å²) in [6.07, 6.45) is 0.0313. The summed E-state index contributed by atoms with van der Waals surface area (Å²) in [5.41, 5.74) is 6.05. The minimum absolute atomic E-state index is 0.0313. The molecule has 0 aliphatic rings. The molecule has 0 aliphatic carbocycles. The Kier molecular flexibility index (Phi) is 3.34. The number of hydrogen-bond acceptors (Lipinski definition) is 4. The van der Waals surface area contributed by atoms with E-state index in [0.717, 1.165) is 0 Å². The molecular formula is C10H13NO3. The van der Waals surface area contributed by atoms with Crippen molar-refractivity contribution >= 4 is 12.2 Å². The third kappa shape index (κ3) is 2.39. The summed E-state index contributed by atoms with van der Waals surface area (Å²) in [5, 5.41) is 0. The van der Waals surface area contributed by atoms with Crippen LogP contribution in [0.15, 0.2) is 18.2 Å². The van der Waals surface area contributed by atoms with Crippen LogP contribution in [0, 0.1) is 0 Å². The zero-order valence-electron chi connectivity index (χ0n) is 8.19. The Hall–Kier alpha value is -1.71. The van der Waals surface area contributed by atoms with Crippen LogP contribution in [-0.2, 0) is 4.79 Å². The minimum atomic E-state index is 0.0313. The molecule has 0 amide bonds. The maximum Gasteiger partial charge on any atom is 0.298 e. The first kappa shape index (κ1) is 10.4. The summed E-state index contributed by atoms with van der Waals surface area (Å²) in [5.74, 6) is 0.845.